The maximum Gasteiger partial charge on any atom is 0.311 e. The molecule has 0 aliphatic rings. The fourth-order valence-electron chi connectivity index (χ4n) is 2.41. The molecule has 1 aromatic carbocycles. The lowest BCUT2D eigenvalue weighted by molar-refractivity contribution is -0.134. The van der Waals surface area contributed by atoms with E-state index < -0.39 is 17.0 Å². The minimum absolute atomic E-state index is 0.0132. The molecular weight excluding hydrogens is 354 g/mol. The van der Waals surface area contributed by atoms with Crippen LogP contribution in [0.4, 0.5) is 0 Å². The topological polar surface area (TPSA) is 111 Å². The molecule has 2 aromatic rings. The largest absolute Gasteiger partial charge is 0.424 e. The minimum Gasteiger partial charge on any atom is -0.424 e. The van der Waals surface area contributed by atoms with E-state index in [2.05, 4.69) is 27.4 Å². The summed E-state index contributed by atoms with van der Waals surface area (Å²) >= 11 is 0. The van der Waals surface area contributed by atoms with E-state index in [1.807, 2.05) is 32.0 Å². The Morgan fingerprint density at radius 3 is 2.50 bits per heavy atom. The minimum atomic E-state index is -1.21. The molecule has 0 bridgehead atoms. The molecule has 0 N–H and O–H groups in total. The molecule has 2 rings (SSSR count). The summed E-state index contributed by atoms with van der Waals surface area (Å²) in [4.78, 5) is 16.6. The molecule has 7 heteroatoms. The second-order valence-electron chi connectivity index (χ2n) is 7.08. The molecule has 144 valence electrons. The number of aromatic nitrogens is 1. The van der Waals surface area contributed by atoms with E-state index in [0.717, 1.165) is 10.9 Å². The summed E-state index contributed by atoms with van der Waals surface area (Å²) in [5, 5.41) is 27.6. The van der Waals surface area contributed by atoms with Gasteiger partial charge in [-0.3, -0.25) is 9.78 Å². The van der Waals surface area contributed by atoms with Gasteiger partial charge < -0.3 is 4.74 Å². The molecule has 2 unspecified atom stereocenters. The van der Waals surface area contributed by atoms with Crippen molar-refractivity contribution < 1.29 is 9.53 Å². The van der Waals surface area contributed by atoms with Gasteiger partial charge in [-0.2, -0.15) is 20.8 Å². The molecule has 1 aromatic heterocycles. The van der Waals surface area contributed by atoms with Crippen molar-refractivity contribution in [1.82, 2.24) is 4.98 Å². The zero-order valence-corrected chi connectivity index (χ0v) is 16.6. The Labute approximate surface area is 164 Å². The van der Waals surface area contributed by atoms with Crippen molar-refractivity contribution in [3.8, 4) is 17.9 Å². The number of benzene rings is 1. The number of fused-ring (bicyclic) bond motifs is 1. The van der Waals surface area contributed by atoms with Crippen LogP contribution in [-0.4, -0.2) is 22.0 Å². The summed E-state index contributed by atoms with van der Waals surface area (Å²) in [5.41, 5.74) is -0.534. The van der Waals surface area contributed by atoms with E-state index in [1.165, 1.54) is 0 Å². The summed E-state index contributed by atoms with van der Waals surface area (Å²) in [7, 11) is 0. The van der Waals surface area contributed by atoms with Gasteiger partial charge in [-0.05, 0) is 51.3 Å². The number of carbonyl (C=O) groups excluding carboxylic acids is 1. The lowest BCUT2D eigenvalue weighted by atomic mass is 9.98. The van der Waals surface area contributed by atoms with Gasteiger partial charge in [0.1, 0.15) is 5.52 Å². The van der Waals surface area contributed by atoms with Crippen LogP contribution in [0.2, 0.25) is 0 Å². The Balaban J connectivity index is 2.10. The maximum atomic E-state index is 12.3. The van der Waals surface area contributed by atoms with Crippen LogP contribution >= 0.6 is 0 Å². The molecule has 0 saturated heterocycles. The summed E-state index contributed by atoms with van der Waals surface area (Å²) in [6.07, 6.45) is 2.24. The fraction of sp³-hybridized carbons (Fsp3) is 0.429. The summed E-state index contributed by atoms with van der Waals surface area (Å²) in [6.45, 7) is 7.02. The van der Waals surface area contributed by atoms with Crippen LogP contribution in [0.5, 0.6) is 5.75 Å². The summed E-state index contributed by atoms with van der Waals surface area (Å²) < 4.78 is 5.47. The van der Waals surface area contributed by atoms with Crippen molar-refractivity contribution in [2.45, 2.75) is 58.0 Å². The Kier molecular flexibility index (Phi) is 6.43. The molecule has 0 aliphatic heterocycles. The van der Waals surface area contributed by atoms with Gasteiger partial charge in [0.15, 0.2) is 16.8 Å². The highest BCUT2D eigenvalue weighted by Gasteiger charge is 2.28. The van der Waals surface area contributed by atoms with Crippen LogP contribution in [0.3, 0.4) is 0 Å². The van der Waals surface area contributed by atoms with Crippen LogP contribution in [0.25, 0.3) is 10.9 Å². The molecular formula is C21H23N5O2. The highest BCUT2D eigenvalue weighted by Crippen LogP contribution is 2.27. The van der Waals surface area contributed by atoms with Gasteiger partial charge in [0.25, 0.3) is 0 Å². The number of azo groups is 1. The van der Waals surface area contributed by atoms with E-state index in [-0.39, 0.29) is 12.8 Å². The molecule has 0 aliphatic carbocycles. The second-order valence-corrected chi connectivity index (χ2v) is 7.08. The number of nitriles is 2. The zero-order valence-electron chi connectivity index (χ0n) is 16.6. The van der Waals surface area contributed by atoms with Crippen molar-refractivity contribution in [2.75, 3.05) is 0 Å². The van der Waals surface area contributed by atoms with E-state index >= 15 is 0 Å². The van der Waals surface area contributed by atoms with Crippen molar-refractivity contribution in [1.29, 1.82) is 10.5 Å². The first-order valence-corrected chi connectivity index (χ1v) is 9.07. The SMILES string of the molecule is CCC(C)(C#N)N=NC(C)(C#N)CCC(=O)Oc1ccc(C)c2cccnc12. The number of hydrogen-bond donors (Lipinski definition) is 0. The number of ether oxygens (including phenoxy) is 1. The number of esters is 1. The van der Waals surface area contributed by atoms with E-state index in [1.54, 1.807) is 26.1 Å². The normalized spacial score (nSPS) is 15.4. The first-order valence-electron chi connectivity index (χ1n) is 9.07. The smallest absolute Gasteiger partial charge is 0.311 e. The zero-order chi connectivity index (χ0) is 20.8. The third-order valence-corrected chi connectivity index (χ3v) is 4.65. The van der Waals surface area contributed by atoms with Crippen LogP contribution in [-0.2, 0) is 4.79 Å². The predicted molar refractivity (Wildman–Crippen MR) is 105 cm³/mol. The van der Waals surface area contributed by atoms with E-state index in [0.29, 0.717) is 17.7 Å². The number of carbonyl (C=O) groups is 1. The Morgan fingerprint density at radius 2 is 1.86 bits per heavy atom. The van der Waals surface area contributed by atoms with Gasteiger partial charge in [-0.25, -0.2) is 0 Å². The van der Waals surface area contributed by atoms with Crippen LogP contribution < -0.4 is 4.74 Å². The van der Waals surface area contributed by atoms with Crippen LogP contribution in [0, 0.1) is 29.6 Å². The molecule has 0 fully saturated rings. The van der Waals surface area contributed by atoms with Gasteiger partial charge in [0, 0.05) is 18.0 Å². The van der Waals surface area contributed by atoms with Crippen LogP contribution in [0.1, 0.15) is 45.6 Å². The van der Waals surface area contributed by atoms with Gasteiger partial charge in [0.05, 0.1) is 12.1 Å². The van der Waals surface area contributed by atoms with Gasteiger partial charge in [0.2, 0.25) is 0 Å². The molecule has 0 radical (unpaired) electrons. The standard InChI is InChI=1S/C21H23N5O2/c1-5-20(3,13-22)25-26-21(4,14-23)11-10-18(27)28-17-9-8-15(2)16-7-6-12-24-19(16)17/h6-9,12H,5,10-11H2,1-4H3. The van der Waals surface area contributed by atoms with Crippen molar-refractivity contribution in [3.63, 3.8) is 0 Å². The number of aryl methyl sites for hydroxylation is 1. The predicted octanol–water partition coefficient (Wildman–Crippen LogP) is 4.66. The Morgan fingerprint density at radius 1 is 1.18 bits per heavy atom. The lowest BCUT2D eigenvalue weighted by Gasteiger charge is -2.18. The van der Waals surface area contributed by atoms with Gasteiger partial charge in [-0.15, -0.1) is 0 Å². The number of hydrogen-bond acceptors (Lipinski definition) is 7. The summed E-state index contributed by atoms with van der Waals surface area (Å²) in [5.74, 6) is -0.0967. The average molecular weight is 377 g/mol. The molecule has 0 amide bonds. The van der Waals surface area contributed by atoms with E-state index in [4.69, 9.17) is 4.74 Å². The maximum absolute atomic E-state index is 12.3. The van der Waals surface area contributed by atoms with E-state index in [9.17, 15) is 15.3 Å². The molecule has 0 spiro atoms. The number of nitrogens with zero attached hydrogens (tertiary/aromatic N) is 5. The molecule has 0 saturated carbocycles. The molecule has 2 atom stereocenters. The second kappa shape index (κ2) is 8.58. The third kappa shape index (κ3) is 4.89. The molecule has 1 heterocycles. The average Bonchev–Trinajstić information content (AvgIpc) is 2.73. The summed E-state index contributed by atoms with van der Waals surface area (Å²) in [6, 6.07) is 11.5. The fourth-order valence-corrected chi connectivity index (χ4v) is 2.41. The van der Waals surface area contributed by atoms with Crippen molar-refractivity contribution >= 4 is 16.9 Å². The Hall–Kier alpha value is -3.32. The first kappa shape index (κ1) is 21.0. The van der Waals surface area contributed by atoms with Gasteiger partial charge >= 0.3 is 5.97 Å². The third-order valence-electron chi connectivity index (χ3n) is 4.65. The highest BCUT2D eigenvalue weighted by molar-refractivity contribution is 5.89. The lowest BCUT2D eigenvalue weighted by Crippen LogP contribution is -2.24. The highest BCUT2D eigenvalue weighted by atomic mass is 16.5. The number of rotatable bonds is 7. The quantitative estimate of drug-likeness (QED) is 0.396. The Bertz CT molecular complexity index is 988. The van der Waals surface area contributed by atoms with Crippen molar-refractivity contribution in [2.24, 2.45) is 10.2 Å². The number of pyridine rings is 1. The monoisotopic (exact) mass is 377 g/mol. The van der Waals surface area contributed by atoms with Crippen LogP contribution in [0.15, 0.2) is 40.7 Å². The first-order chi connectivity index (χ1) is 13.3. The van der Waals surface area contributed by atoms with Crippen molar-refractivity contribution in [3.05, 3.63) is 36.0 Å². The molecule has 7 nitrogen and oxygen atoms in total. The van der Waals surface area contributed by atoms with Gasteiger partial charge in [-0.1, -0.05) is 19.1 Å². The molecule has 28 heavy (non-hydrogen) atoms.